The standard InChI is InChI=1S/C31H28N2O2/c1-16-12-21-19-9-7-10-20(28(19)33-25(21)14-26(16)34)23-15-31(3,4)35-30-17(2)13-22-18-8-5-6-11-24(18)32-29(22)27(23)30/h5-14,23,32-34H,15H2,1-4H3. The van der Waals surface area contributed by atoms with Gasteiger partial charge < -0.3 is 19.8 Å². The minimum Gasteiger partial charge on any atom is -0.508 e. The molecule has 4 aromatic carbocycles. The van der Waals surface area contributed by atoms with E-state index in [0.717, 1.165) is 45.2 Å². The van der Waals surface area contributed by atoms with E-state index in [0.29, 0.717) is 5.75 Å². The Balaban J connectivity index is 1.58. The Kier molecular flexibility index (Phi) is 3.98. The highest BCUT2D eigenvalue weighted by Gasteiger charge is 2.38. The number of hydrogen-bond donors (Lipinski definition) is 3. The van der Waals surface area contributed by atoms with Gasteiger partial charge >= 0.3 is 0 Å². The van der Waals surface area contributed by atoms with Gasteiger partial charge in [-0.05, 0) is 69.0 Å². The first-order chi connectivity index (χ1) is 16.8. The number of hydrogen-bond acceptors (Lipinski definition) is 2. The molecular weight excluding hydrogens is 432 g/mol. The second-order valence-electron chi connectivity index (χ2n) is 10.7. The van der Waals surface area contributed by atoms with Gasteiger partial charge in [0.05, 0.1) is 16.6 Å². The molecule has 1 aliphatic rings. The summed E-state index contributed by atoms with van der Waals surface area (Å²) in [5.74, 6) is 1.46. The number of aromatic nitrogens is 2. The Labute approximate surface area is 203 Å². The lowest BCUT2D eigenvalue weighted by molar-refractivity contribution is 0.0773. The van der Waals surface area contributed by atoms with Crippen LogP contribution in [0.3, 0.4) is 0 Å². The topological polar surface area (TPSA) is 61.0 Å². The van der Waals surface area contributed by atoms with Crippen LogP contribution in [0.25, 0.3) is 43.6 Å². The summed E-state index contributed by atoms with van der Waals surface area (Å²) < 4.78 is 6.65. The number of rotatable bonds is 1. The molecule has 0 radical (unpaired) electrons. The molecule has 3 N–H and O–H groups in total. The minimum atomic E-state index is -0.300. The fourth-order valence-electron chi connectivity index (χ4n) is 6.16. The van der Waals surface area contributed by atoms with Crippen LogP contribution in [-0.4, -0.2) is 20.7 Å². The molecule has 0 spiro atoms. The van der Waals surface area contributed by atoms with Crippen LogP contribution in [0.4, 0.5) is 0 Å². The first kappa shape index (κ1) is 20.5. The van der Waals surface area contributed by atoms with Crippen LogP contribution < -0.4 is 4.74 Å². The van der Waals surface area contributed by atoms with Crippen LogP contribution in [-0.2, 0) is 0 Å². The van der Waals surface area contributed by atoms with Crippen LogP contribution in [0.15, 0.2) is 60.7 Å². The van der Waals surface area contributed by atoms with Gasteiger partial charge in [-0.3, -0.25) is 0 Å². The summed E-state index contributed by atoms with van der Waals surface area (Å²) in [6, 6.07) is 21.3. The molecule has 6 aromatic rings. The Morgan fingerprint density at radius 1 is 0.800 bits per heavy atom. The molecule has 1 unspecified atom stereocenters. The van der Waals surface area contributed by atoms with E-state index in [9.17, 15) is 5.11 Å². The van der Waals surface area contributed by atoms with Gasteiger partial charge in [-0.1, -0.05) is 36.4 Å². The van der Waals surface area contributed by atoms with Crippen molar-refractivity contribution in [3.63, 3.8) is 0 Å². The number of benzene rings is 4. The average Bonchev–Trinajstić information content (AvgIpc) is 3.36. The molecule has 1 aliphatic heterocycles. The van der Waals surface area contributed by atoms with Crippen LogP contribution in [0.2, 0.25) is 0 Å². The summed E-state index contributed by atoms with van der Waals surface area (Å²) in [5, 5.41) is 15.2. The van der Waals surface area contributed by atoms with Crippen LogP contribution in [0.1, 0.15) is 48.4 Å². The van der Waals surface area contributed by atoms with Gasteiger partial charge in [0, 0.05) is 44.6 Å². The number of aromatic hydroxyl groups is 1. The lowest BCUT2D eigenvalue weighted by Crippen LogP contribution is -2.35. The van der Waals surface area contributed by atoms with Crippen molar-refractivity contribution in [2.75, 3.05) is 0 Å². The molecule has 0 saturated carbocycles. The van der Waals surface area contributed by atoms with Crippen LogP contribution >= 0.6 is 0 Å². The Morgan fingerprint density at radius 2 is 1.54 bits per heavy atom. The number of aryl methyl sites for hydroxylation is 2. The maximum atomic E-state index is 10.3. The minimum absolute atomic E-state index is 0.149. The number of ether oxygens (including phenoxy) is 1. The van der Waals surface area contributed by atoms with Crippen LogP contribution in [0, 0.1) is 13.8 Å². The third-order valence-electron chi connectivity index (χ3n) is 7.76. The molecule has 174 valence electrons. The highest BCUT2D eigenvalue weighted by Crippen LogP contribution is 2.51. The van der Waals surface area contributed by atoms with Crippen molar-refractivity contribution >= 4 is 43.6 Å². The summed E-state index contributed by atoms with van der Waals surface area (Å²) in [7, 11) is 0. The first-order valence-corrected chi connectivity index (χ1v) is 12.3. The zero-order valence-electron chi connectivity index (χ0n) is 20.4. The van der Waals surface area contributed by atoms with E-state index in [-0.39, 0.29) is 11.5 Å². The average molecular weight is 461 g/mol. The SMILES string of the molecule is Cc1cc2c(cc1O)[nH]c1c(C3CC(C)(C)Oc4c(C)cc5c([nH]c6ccccc65)c43)cccc12. The van der Waals surface area contributed by atoms with Crippen molar-refractivity contribution < 1.29 is 9.84 Å². The van der Waals surface area contributed by atoms with E-state index in [2.05, 4.69) is 85.3 Å². The zero-order chi connectivity index (χ0) is 24.1. The Bertz CT molecular complexity index is 1820. The van der Waals surface area contributed by atoms with Crippen molar-refractivity contribution in [3.8, 4) is 11.5 Å². The number of nitrogens with one attached hydrogen (secondary N) is 2. The quantitative estimate of drug-likeness (QED) is 0.233. The van der Waals surface area contributed by atoms with Crippen molar-refractivity contribution in [3.05, 3.63) is 82.9 Å². The molecule has 7 rings (SSSR count). The van der Waals surface area contributed by atoms with Crippen molar-refractivity contribution in [2.45, 2.75) is 45.6 Å². The van der Waals surface area contributed by atoms with Gasteiger partial charge in [-0.25, -0.2) is 0 Å². The fraction of sp³-hybridized carbons (Fsp3) is 0.226. The fourth-order valence-corrected chi connectivity index (χ4v) is 6.16. The zero-order valence-corrected chi connectivity index (χ0v) is 20.4. The summed E-state index contributed by atoms with van der Waals surface area (Å²) in [4.78, 5) is 7.38. The van der Waals surface area contributed by atoms with E-state index in [1.54, 1.807) is 0 Å². The van der Waals surface area contributed by atoms with Crippen LogP contribution in [0.5, 0.6) is 11.5 Å². The summed E-state index contributed by atoms with van der Waals surface area (Å²) in [6.07, 6.45) is 0.868. The normalized spacial score (nSPS) is 17.3. The largest absolute Gasteiger partial charge is 0.508 e. The molecule has 1 atom stereocenters. The van der Waals surface area contributed by atoms with Gasteiger partial charge in [0.1, 0.15) is 17.1 Å². The van der Waals surface area contributed by atoms with Gasteiger partial charge in [-0.15, -0.1) is 0 Å². The van der Waals surface area contributed by atoms with E-state index < -0.39 is 0 Å². The Morgan fingerprint density at radius 3 is 2.40 bits per heavy atom. The van der Waals surface area contributed by atoms with Gasteiger partial charge in [0.25, 0.3) is 0 Å². The van der Waals surface area contributed by atoms with Gasteiger partial charge in [-0.2, -0.15) is 0 Å². The molecule has 0 fully saturated rings. The predicted octanol–water partition coefficient (Wildman–Crippen LogP) is 7.97. The molecule has 4 heteroatoms. The van der Waals surface area contributed by atoms with E-state index >= 15 is 0 Å². The van der Waals surface area contributed by atoms with E-state index in [4.69, 9.17) is 4.74 Å². The lowest BCUT2D eigenvalue weighted by Gasteiger charge is -2.39. The molecule has 35 heavy (non-hydrogen) atoms. The van der Waals surface area contributed by atoms with Crippen molar-refractivity contribution in [2.24, 2.45) is 0 Å². The molecule has 0 amide bonds. The molecule has 0 aliphatic carbocycles. The molecule has 4 nitrogen and oxygen atoms in total. The molecular formula is C31H28N2O2. The Hall–Kier alpha value is -3.92. The number of phenols is 1. The molecule has 3 heterocycles. The van der Waals surface area contributed by atoms with Crippen molar-refractivity contribution in [1.29, 1.82) is 0 Å². The van der Waals surface area contributed by atoms with E-state index in [1.807, 2.05) is 13.0 Å². The van der Waals surface area contributed by atoms with Gasteiger partial charge in [0.2, 0.25) is 0 Å². The highest BCUT2D eigenvalue weighted by atomic mass is 16.5. The number of aromatic amines is 2. The second-order valence-corrected chi connectivity index (χ2v) is 10.7. The second kappa shape index (κ2) is 6.82. The molecule has 0 bridgehead atoms. The maximum absolute atomic E-state index is 10.3. The van der Waals surface area contributed by atoms with Crippen molar-refractivity contribution in [1.82, 2.24) is 9.97 Å². The monoisotopic (exact) mass is 460 g/mol. The smallest absolute Gasteiger partial charge is 0.128 e. The maximum Gasteiger partial charge on any atom is 0.128 e. The number of para-hydroxylation sites is 2. The first-order valence-electron chi connectivity index (χ1n) is 12.3. The lowest BCUT2D eigenvalue weighted by atomic mass is 9.78. The number of phenolic OH excluding ortho intramolecular Hbond substituents is 1. The number of H-pyrrole nitrogens is 2. The molecule has 2 aromatic heterocycles. The third kappa shape index (κ3) is 2.86. The highest BCUT2D eigenvalue weighted by molar-refractivity contribution is 6.11. The van der Waals surface area contributed by atoms with Gasteiger partial charge in [0.15, 0.2) is 0 Å². The third-order valence-corrected chi connectivity index (χ3v) is 7.76. The number of fused-ring (bicyclic) bond motifs is 8. The summed E-state index contributed by atoms with van der Waals surface area (Å²) in [6.45, 7) is 8.48. The predicted molar refractivity (Wildman–Crippen MR) is 144 cm³/mol. The summed E-state index contributed by atoms with van der Waals surface area (Å²) >= 11 is 0. The van der Waals surface area contributed by atoms with E-state index in [1.165, 1.54) is 32.8 Å². The molecule has 0 saturated heterocycles. The summed E-state index contributed by atoms with van der Waals surface area (Å²) in [5.41, 5.74) is 8.65.